The molecule has 0 aliphatic rings. The van der Waals surface area contributed by atoms with E-state index >= 15 is 0 Å². The van der Waals surface area contributed by atoms with Crippen LogP contribution >= 0.6 is 15.9 Å². The molecular formula is C8H17BrO. The van der Waals surface area contributed by atoms with Gasteiger partial charge in [0.05, 0.1) is 6.10 Å². The van der Waals surface area contributed by atoms with Gasteiger partial charge in [0.1, 0.15) is 0 Å². The van der Waals surface area contributed by atoms with Crippen LogP contribution in [0.3, 0.4) is 0 Å². The van der Waals surface area contributed by atoms with Crippen molar-refractivity contribution in [2.24, 2.45) is 5.92 Å². The molecule has 1 atom stereocenters. The summed E-state index contributed by atoms with van der Waals surface area (Å²) >= 11 is 3.40. The lowest BCUT2D eigenvalue weighted by atomic mass is 10.1. The molecule has 1 nitrogen and oxygen atoms in total. The van der Waals surface area contributed by atoms with E-state index in [0.717, 1.165) is 11.2 Å². The SMILES string of the molecule is COC(CBr)CCC(C)C. The minimum Gasteiger partial charge on any atom is -0.381 e. The van der Waals surface area contributed by atoms with Gasteiger partial charge in [-0.25, -0.2) is 0 Å². The Balaban J connectivity index is 3.26. The van der Waals surface area contributed by atoms with Crippen LogP contribution in [-0.2, 0) is 4.74 Å². The topological polar surface area (TPSA) is 9.23 Å². The smallest absolute Gasteiger partial charge is 0.0668 e. The van der Waals surface area contributed by atoms with Crippen LogP contribution in [-0.4, -0.2) is 18.5 Å². The van der Waals surface area contributed by atoms with E-state index in [9.17, 15) is 0 Å². The molecule has 0 bridgehead atoms. The maximum absolute atomic E-state index is 5.20. The van der Waals surface area contributed by atoms with Crippen LogP contribution in [0.25, 0.3) is 0 Å². The third-order valence-corrected chi connectivity index (χ3v) is 2.29. The third-order valence-electron chi connectivity index (χ3n) is 1.57. The summed E-state index contributed by atoms with van der Waals surface area (Å²) in [4.78, 5) is 0. The second kappa shape index (κ2) is 6.17. The zero-order valence-electron chi connectivity index (χ0n) is 7.06. The Kier molecular flexibility index (Phi) is 6.44. The van der Waals surface area contributed by atoms with Crippen molar-refractivity contribution >= 4 is 15.9 Å². The fourth-order valence-electron chi connectivity index (χ4n) is 0.777. The summed E-state index contributed by atoms with van der Waals surface area (Å²) < 4.78 is 5.20. The third kappa shape index (κ3) is 5.24. The lowest BCUT2D eigenvalue weighted by Crippen LogP contribution is -2.12. The molecule has 0 aromatic heterocycles. The van der Waals surface area contributed by atoms with E-state index in [1.807, 2.05) is 0 Å². The van der Waals surface area contributed by atoms with Gasteiger partial charge < -0.3 is 4.74 Å². The van der Waals surface area contributed by atoms with Gasteiger partial charge in [-0.05, 0) is 18.8 Å². The molecule has 0 aliphatic heterocycles. The number of hydrogen-bond donors (Lipinski definition) is 0. The van der Waals surface area contributed by atoms with Gasteiger partial charge in [-0.2, -0.15) is 0 Å². The van der Waals surface area contributed by atoms with Crippen molar-refractivity contribution in [3.05, 3.63) is 0 Å². The van der Waals surface area contributed by atoms with Gasteiger partial charge >= 0.3 is 0 Å². The number of alkyl halides is 1. The van der Waals surface area contributed by atoms with Gasteiger partial charge in [0, 0.05) is 12.4 Å². The molecule has 0 saturated heterocycles. The van der Waals surface area contributed by atoms with Gasteiger partial charge in [0.2, 0.25) is 0 Å². The molecule has 62 valence electrons. The summed E-state index contributed by atoms with van der Waals surface area (Å²) in [6.45, 7) is 4.47. The molecule has 0 amide bonds. The largest absolute Gasteiger partial charge is 0.381 e. The van der Waals surface area contributed by atoms with E-state index in [-0.39, 0.29) is 0 Å². The zero-order valence-corrected chi connectivity index (χ0v) is 8.65. The summed E-state index contributed by atoms with van der Waals surface area (Å²) in [7, 11) is 1.77. The van der Waals surface area contributed by atoms with Crippen molar-refractivity contribution in [1.29, 1.82) is 0 Å². The van der Waals surface area contributed by atoms with Crippen molar-refractivity contribution in [3.8, 4) is 0 Å². The van der Waals surface area contributed by atoms with E-state index < -0.39 is 0 Å². The Morgan fingerprint density at radius 1 is 1.30 bits per heavy atom. The van der Waals surface area contributed by atoms with Gasteiger partial charge in [0.25, 0.3) is 0 Å². The molecule has 0 heterocycles. The zero-order chi connectivity index (χ0) is 7.98. The summed E-state index contributed by atoms with van der Waals surface area (Å²) in [5.74, 6) is 0.789. The first kappa shape index (κ1) is 10.4. The molecule has 0 fully saturated rings. The molecule has 10 heavy (non-hydrogen) atoms. The molecule has 0 aliphatic carbocycles. The highest BCUT2D eigenvalue weighted by atomic mass is 79.9. The molecule has 2 heteroatoms. The molecule has 0 aromatic rings. The second-order valence-electron chi connectivity index (χ2n) is 2.98. The van der Waals surface area contributed by atoms with Gasteiger partial charge in [0.15, 0.2) is 0 Å². The predicted molar refractivity (Wildman–Crippen MR) is 48.7 cm³/mol. The summed E-state index contributed by atoms with van der Waals surface area (Å²) in [6, 6.07) is 0. The van der Waals surface area contributed by atoms with Crippen molar-refractivity contribution in [1.82, 2.24) is 0 Å². The van der Waals surface area contributed by atoms with Gasteiger partial charge in [-0.3, -0.25) is 0 Å². The van der Waals surface area contributed by atoms with E-state index in [0.29, 0.717) is 6.10 Å². The van der Waals surface area contributed by atoms with E-state index in [4.69, 9.17) is 4.74 Å². The normalized spacial score (nSPS) is 14.1. The van der Waals surface area contributed by atoms with E-state index in [1.165, 1.54) is 12.8 Å². The van der Waals surface area contributed by atoms with E-state index in [1.54, 1.807) is 7.11 Å². The van der Waals surface area contributed by atoms with Crippen LogP contribution in [0.15, 0.2) is 0 Å². The average Bonchev–Trinajstić information content (AvgIpc) is 1.90. The maximum Gasteiger partial charge on any atom is 0.0668 e. The van der Waals surface area contributed by atoms with Crippen LogP contribution in [0.4, 0.5) is 0 Å². The summed E-state index contributed by atoms with van der Waals surface area (Å²) in [6.07, 6.45) is 2.83. The number of ether oxygens (including phenoxy) is 1. The van der Waals surface area contributed by atoms with Crippen molar-refractivity contribution < 1.29 is 4.74 Å². The first-order valence-corrected chi connectivity index (χ1v) is 4.91. The number of rotatable bonds is 5. The molecule has 0 rings (SSSR count). The van der Waals surface area contributed by atoms with Gasteiger partial charge in [-0.15, -0.1) is 0 Å². The lowest BCUT2D eigenvalue weighted by Gasteiger charge is -2.12. The molecule has 1 unspecified atom stereocenters. The Morgan fingerprint density at radius 3 is 2.20 bits per heavy atom. The van der Waals surface area contributed by atoms with Crippen LogP contribution < -0.4 is 0 Å². The first-order valence-electron chi connectivity index (χ1n) is 3.79. The van der Waals surface area contributed by atoms with Crippen LogP contribution in [0.5, 0.6) is 0 Å². The Labute approximate surface area is 72.3 Å². The fraction of sp³-hybridized carbons (Fsp3) is 1.00. The highest BCUT2D eigenvalue weighted by Gasteiger charge is 2.05. The highest BCUT2D eigenvalue weighted by molar-refractivity contribution is 9.09. The maximum atomic E-state index is 5.20. The molecular weight excluding hydrogens is 192 g/mol. The summed E-state index contributed by atoms with van der Waals surface area (Å²) in [5.41, 5.74) is 0. The molecule has 0 N–H and O–H groups in total. The Hall–Kier alpha value is 0.440. The minimum atomic E-state index is 0.405. The quantitative estimate of drug-likeness (QED) is 0.632. The highest BCUT2D eigenvalue weighted by Crippen LogP contribution is 2.10. The van der Waals surface area contributed by atoms with Crippen molar-refractivity contribution in [3.63, 3.8) is 0 Å². The Morgan fingerprint density at radius 2 is 1.90 bits per heavy atom. The minimum absolute atomic E-state index is 0.405. The molecule has 0 saturated carbocycles. The average molecular weight is 209 g/mol. The lowest BCUT2D eigenvalue weighted by molar-refractivity contribution is 0.110. The number of halogens is 1. The molecule has 0 aromatic carbocycles. The Bertz CT molecular complexity index is 69.7. The van der Waals surface area contributed by atoms with Crippen molar-refractivity contribution in [2.45, 2.75) is 32.8 Å². The number of hydrogen-bond acceptors (Lipinski definition) is 1. The molecule has 0 spiro atoms. The van der Waals surface area contributed by atoms with Crippen LogP contribution in [0.1, 0.15) is 26.7 Å². The molecule has 0 radical (unpaired) electrons. The van der Waals surface area contributed by atoms with Crippen LogP contribution in [0, 0.1) is 5.92 Å². The second-order valence-corrected chi connectivity index (χ2v) is 3.63. The fourth-order valence-corrected chi connectivity index (χ4v) is 1.37. The van der Waals surface area contributed by atoms with Gasteiger partial charge in [-0.1, -0.05) is 29.8 Å². The summed E-state index contributed by atoms with van der Waals surface area (Å²) in [5, 5.41) is 0.955. The van der Waals surface area contributed by atoms with Crippen molar-refractivity contribution in [2.75, 3.05) is 12.4 Å². The van der Waals surface area contributed by atoms with Crippen LogP contribution in [0.2, 0.25) is 0 Å². The number of methoxy groups -OCH3 is 1. The predicted octanol–water partition coefficient (Wildman–Crippen LogP) is 2.83. The standard InChI is InChI=1S/C8H17BrO/c1-7(2)4-5-8(6-9)10-3/h7-8H,4-6H2,1-3H3. The monoisotopic (exact) mass is 208 g/mol. The van der Waals surface area contributed by atoms with E-state index in [2.05, 4.69) is 29.8 Å². The first-order chi connectivity index (χ1) is 4.70.